The summed E-state index contributed by atoms with van der Waals surface area (Å²) in [5.41, 5.74) is -0.653. The molecule has 0 bridgehead atoms. The number of aromatic nitrogens is 2. The van der Waals surface area contributed by atoms with Crippen molar-refractivity contribution in [1.82, 2.24) is 18.9 Å². The third-order valence-corrected chi connectivity index (χ3v) is 8.37. The Hall–Kier alpha value is -3.76. The Morgan fingerprint density at radius 1 is 1.00 bits per heavy atom. The number of rotatable bonds is 6. The van der Waals surface area contributed by atoms with Crippen LogP contribution in [0.2, 0.25) is 5.02 Å². The maximum atomic E-state index is 14.2. The van der Waals surface area contributed by atoms with Gasteiger partial charge < -0.3 is 14.9 Å². The van der Waals surface area contributed by atoms with Crippen LogP contribution in [0.4, 0.5) is 4.39 Å². The predicted molar refractivity (Wildman–Crippen MR) is 157 cm³/mol. The molecule has 3 heterocycles. The van der Waals surface area contributed by atoms with E-state index in [1.807, 2.05) is 23.1 Å². The molecule has 0 aliphatic carbocycles. The third kappa shape index (κ3) is 6.19. The first-order valence-corrected chi connectivity index (χ1v) is 14.5. The van der Waals surface area contributed by atoms with Crippen molar-refractivity contribution in [3.63, 3.8) is 0 Å². The minimum Gasteiger partial charge on any atom is -0.389 e. The Labute approximate surface area is 247 Å². The van der Waals surface area contributed by atoms with E-state index in [-0.39, 0.29) is 47.1 Å². The van der Waals surface area contributed by atoms with Crippen LogP contribution in [0.1, 0.15) is 37.8 Å². The highest BCUT2D eigenvalue weighted by Gasteiger charge is 2.32. The van der Waals surface area contributed by atoms with E-state index in [4.69, 9.17) is 11.6 Å². The molecule has 0 atom stereocenters. The molecule has 1 saturated heterocycles. The van der Waals surface area contributed by atoms with Gasteiger partial charge in [0.05, 0.1) is 29.2 Å². The average molecular weight is 597 g/mol. The zero-order valence-electron chi connectivity index (χ0n) is 23.7. The first kappa shape index (κ1) is 29.7. The summed E-state index contributed by atoms with van der Waals surface area (Å²) in [7, 11) is 0. The zero-order chi connectivity index (χ0) is 30.2. The number of halogens is 2. The van der Waals surface area contributed by atoms with Crippen LogP contribution in [-0.2, 0) is 35.5 Å². The zero-order valence-corrected chi connectivity index (χ0v) is 24.4. The van der Waals surface area contributed by atoms with Crippen molar-refractivity contribution < 1.29 is 19.1 Å². The van der Waals surface area contributed by atoms with E-state index in [2.05, 4.69) is 6.07 Å². The van der Waals surface area contributed by atoms with Gasteiger partial charge in [0.1, 0.15) is 12.4 Å². The number of amides is 2. The normalized spacial score (nSPS) is 16.4. The molecule has 0 unspecified atom stereocenters. The van der Waals surface area contributed by atoms with Crippen molar-refractivity contribution in [2.45, 2.75) is 64.3 Å². The smallest absolute Gasteiger partial charge is 0.331 e. The largest absolute Gasteiger partial charge is 0.389 e. The summed E-state index contributed by atoms with van der Waals surface area (Å²) in [6.45, 7) is 3.69. The van der Waals surface area contributed by atoms with Gasteiger partial charge in [-0.1, -0.05) is 48.0 Å². The van der Waals surface area contributed by atoms with Crippen LogP contribution in [0.5, 0.6) is 0 Å². The van der Waals surface area contributed by atoms with Crippen molar-refractivity contribution in [3.8, 4) is 11.1 Å². The van der Waals surface area contributed by atoms with Gasteiger partial charge in [-0.3, -0.25) is 23.5 Å². The van der Waals surface area contributed by atoms with E-state index >= 15 is 0 Å². The molecule has 1 aromatic heterocycles. The molecule has 2 aliphatic rings. The Morgan fingerprint density at radius 3 is 2.38 bits per heavy atom. The third-order valence-electron chi connectivity index (χ3n) is 7.99. The molecule has 5 rings (SSSR count). The van der Waals surface area contributed by atoms with Gasteiger partial charge in [0, 0.05) is 37.4 Å². The van der Waals surface area contributed by atoms with Crippen molar-refractivity contribution in [3.05, 3.63) is 91.5 Å². The predicted octanol–water partition coefficient (Wildman–Crippen LogP) is 2.86. The first-order chi connectivity index (χ1) is 19.9. The summed E-state index contributed by atoms with van der Waals surface area (Å²) in [4.78, 5) is 56.7. The minimum absolute atomic E-state index is 0.0222. The van der Waals surface area contributed by atoms with Gasteiger partial charge in [-0.2, -0.15) is 0 Å². The molecule has 3 aromatic rings. The Bertz CT molecular complexity index is 1640. The summed E-state index contributed by atoms with van der Waals surface area (Å²) in [5, 5.41) is 10.1. The Kier molecular flexibility index (Phi) is 8.39. The fourth-order valence-electron chi connectivity index (χ4n) is 5.85. The van der Waals surface area contributed by atoms with E-state index in [1.165, 1.54) is 37.7 Å². The second-order valence-electron chi connectivity index (χ2n) is 11.7. The van der Waals surface area contributed by atoms with Crippen LogP contribution in [-0.4, -0.2) is 67.1 Å². The van der Waals surface area contributed by atoms with Crippen LogP contribution >= 0.6 is 11.6 Å². The highest BCUT2D eigenvalue weighted by molar-refractivity contribution is 6.33. The topological polar surface area (TPSA) is 105 Å². The van der Waals surface area contributed by atoms with Gasteiger partial charge in [-0.25, -0.2) is 9.18 Å². The molecule has 11 heteroatoms. The van der Waals surface area contributed by atoms with Crippen LogP contribution in [0, 0.1) is 5.82 Å². The lowest BCUT2D eigenvalue weighted by molar-refractivity contribution is -0.136. The fraction of sp³-hybridized carbons (Fsp3) is 0.419. The maximum Gasteiger partial charge on any atom is 0.331 e. The van der Waals surface area contributed by atoms with Crippen LogP contribution in [0.3, 0.4) is 0 Å². The average Bonchev–Trinajstić information content (AvgIpc) is 3.12. The van der Waals surface area contributed by atoms with Crippen LogP contribution in [0.15, 0.2) is 58.3 Å². The number of carbonyl (C=O) groups is 2. The van der Waals surface area contributed by atoms with E-state index in [9.17, 15) is 28.7 Å². The second kappa shape index (κ2) is 11.9. The van der Waals surface area contributed by atoms with E-state index in [1.54, 1.807) is 4.90 Å². The minimum atomic E-state index is -1.41. The molecule has 1 N–H and O–H groups in total. The maximum absolute atomic E-state index is 14.2. The van der Waals surface area contributed by atoms with Gasteiger partial charge >= 0.3 is 5.69 Å². The van der Waals surface area contributed by atoms with Gasteiger partial charge in [-0.15, -0.1) is 0 Å². The molecule has 0 spiro atoms. The summed E-state index contributed by atoms with van der Waals surface area (Å²) < 4.78 is 16.2. The van der Waals surface area contributed by atoms with Crippen molar-refractivity contribution >= 4 is 23.4 Å². The number of fused-ring (bicyclic) bond motifs is 1. The highest BCUT2D eigenvalue weighted by atomic mass is 35.5. The number of piperidine rings is 1. The van der Waals surface area contributed by atoms with Gasteiger partial charge in [0.25, 0.3) is 5.56 Å². The van der Waals surface area contributed by atoms with Gasteiger partial charge in [-0.05, 0) is 50.3 Å². The quantitative estimate of drug-likeness (QED) is 0.471. The number of hydrogen-bond donors (Lipinski definition) is 1. The molecule has 2 amide bonds. The fourth-order valence-corrected chi connectivity index (χ4v) is 6.08. The molecule has 1 fully saturated rings. The molecule has 42 heavy (non-hydrogen) atoms. The second-order valence-corrected chi connectivity index (χ2v) is 12.0. The molecular weight excluding hydrogens is 563 g/mol. The molecular formula is C31H34ClFN4O5. The van der Waals surface area contributed by atoms with Gasteiger partial charge in [0.2, 0.25) is 11.8 Å². The van der Waals surface area contributed by atoms with E-state index in [0.29, 0.717) is 38.9 Å². The van der Waals surface area contributed by atoms with Crippen LogP contribution in [0.25, 0.3) is 11.1 Å². The standard InChI is InChI=1S/C31H34ClFN4O5/c1-31(2,42)19-37-29(40)24(23-8-5-9-25(33)28(23)32)17-35(30(37)41)18-27(39)34-13-11-22(12-14-34)36-15-10-20-6-3-4-7-21(20)16-26(36)38/h3-9,17,22,42H,10-16,18-19H2,1-2H3. The number of likely N-dealkylation sites (tertiary alicyclic amines) is 1. The summed E-state index contributed by atoms with van der Waals surface area (Å²) >= 11 is 6.17. The van der Waals surface area contributed by atoms with E-state index < -0.39 is 22.7 Å². The van der Waals surface area contributed by atoms with Crippen molar-refractivity contribution in [1.29, 1.82) is 0 Å². The number of carbonyl (C=O) groups excluding carboxylic acids is 2. The Morgan fingerprint density at radius 2 is 1.69 bits per heavy atom. The van der Waals surface area contributed by atoms with Crippen molar-refractivity contribution in [2.24, 2.45) is 0 Å². The lowest BCUT2D eigenvalue weighted by atomic mass is 10.0. The number of aliphatic hydroxyl groups is 1. The molecule has 2 aliphatic heterocycles. The molecule has 2 aromatic carbocycles. The van der Waals surface area contributed by atoms with Crippen LogP contribution < -0.4 is 11.2 Å². The summed E-state index contributed by atoms with van der Waals surface area (Å²) in [6, 6.07) is 12.0. The number of hydrogen-bond acceptors (Lipinski definition) is 5. The molecule has 0 saturated carbocycles. The lowest BCUT2D eigenvalue weighted by Crippen LogP contribution is -2.51. The SMILES string of the molecule is CC(C)(O)Cn1c(=O)c(-c2cccc(F)c2Cl)cn(CC(=O)N2CCC(N3CCc4ccccc4CC3=O)CC2)c1=O. The molecule has 9 nitrogen and oxygen atoms in total. The summed E-state index contributed by atoms with van der Waals surface area (Å²) in [6.07, 6.45) is 3.62. The first-order valence-electron chi connectivity index (χ1n) is 14.1. The monoisotopic (exact) mass is 596 g/mol. The molecule has 222 valence electrons. The van der Waals surface area contributed by atoms with Crippen molar-refractivity contribution in [2.75, 3.05) is 19.6 Å². The number of benzene rings is 2. The molecule has 0 radical (unpaired) electrons. The highest BCUT2D eigenvalue weighted by Crippen LogP contribution is 2.28. The van der Waals surface area contributed by atoms with Gasteiger partial charge in [0.15, 0.2) is 0 Å². The Balaban J connectivity index is 1.34. The lowest BCUT2D eigenvalue weighted by Gasteiger charge is -2.38. The number of nitrogens with zero attached hydrogens (tertiary/aromatic N) is 4. The summed E-state index contributed by atoms with van der Waals surface area (Å²) in [5.74, 6) is -0.963. The van der Waals surface area contributed by atoms with E-state index in [0.717, 1.165) is 27.2 Å².